The normalized spacial score (nSPS) is 16.7. The highest BCUT2D eigenvalue weighted by Gasteiger charge is 2.31. The SMILES string of the molecule is CCCn1cc(S(=O)(=O)N(C)C2CCCC2)cc1C(=O)O. The van der Waals surface area contributed by atoms with Gasteiger partial charge in [0.25, 0.3) is 0 Å². The third-order valence-corrected chi connectivity index (χ3v) is 5.95. The lowest BCUT2D eigenvalue weighted by atomic mass is 10.3. The Labute approximate surface area is 125 Å². The number of aromatic nitrogens is 1. The highest BCUT2D eigenvalue weighted by atomic mass is 32.2. The van der Waals surface area contributed by atoms with Gasteiger partial charge in [0.15, 0.2) is 0 Å². The zero-order valence-corrected chi connectivity index (χ0v) is 13.3. The van der Waals surface area contributed by atoms with Crippen LogP contribution in [0.3, 0.4) is 0 Å². The fourth-order valence-corrected chi connectivity index (χ4v) is 4.32. The standard InChI is InChI=1S/C14H22N2O4S/c1-3-8-16-10-12(9-13(16)14(17)18)21(19,20)15(2)11-6-4-5-7-11/h9-11H,3-8H2,1-2H3,(H,17,18). The molecule has 118 valence electrons. The number of aromatic carboxylic acids is 1. The van der Waals surface area contributed by atoms with E-state index in [0.717, 1.165) is 32.1 Å². The summed E-state index contributed by atoms with van der Waals surface area (Å²) >= 11 is 0. The summed E-state index contributed by atoms with van der Waals surface area (Å²) in [6, 6.07) is 1.29. The molecule has 1 heterocycles. The van der Waals surface area contributed by atoms with Gasteiger partial charge in [0.2, 0.25) is 10.0 Å². The quantitative estimate of drug-likeness (QED) is 0.872. The summed E-state index contributed by atoms with van der Waals surface area (Å²) in [5.41, 5.74) is 0.0234. The van der Waals surface area contributed by atoms with Crippen molar-refractivity contribution in [1.82, 2.24) is 8.87 Å². The third-order valence-electron chi connectivity index (χ3n) is 4.07. The van der Waals surface area contributed by atoms with Crippen molar-refractivity contribution in [3.8, 4) is 0 Å². The van der Waals surface area contributed by atoms with Crippen molar-refractivity contribution in [2.24, 2.45) is 0 Å². The predicted molar refractivity (Wildman–Crippen MR) is 78.9 cm³/mol. The Kier molecular flexibility index (Phi) is 4.73. The smallest absolute Gasteiger partial charge is 0.352 e. The number of aryl methyl sites for hydroxylation is 1. The van der Waals surface area contributed by atoms with Crippen molar-refractivity contribution < 1.29 is 18.3 Å². The average molecular weight is 314 g/mol. The van der Waals surface area contributed by atoms with Crippen LogP contribution in [0.25, 0.3) is 0 Å². The maximum atomic E-state index is 12.6. The van der Waals surface area contributed by atoms with E-state index in [-0.39, 0.29) is 16.6 Å². The molecule has 7 heteroatoms. The molecule has 0 bridgehead atoms. The largest absolute Gasteiger partial charge is 0.477 e. The lowest BCUT2D eigenvalue weighted by Crippen LogP contribution is -2.35. The molecule has 0 unspecified atom stereocenters. The Morgan fingerprint density at radius 1 is 1.43 bits per heavy atom. The van der Waals surface area contributed by atoms with E-state index < -0.39 is 16.0 Å². The molecular weight excluding hydrogens is 292 g/mol. The Balaban J connectivity index is 2.35. The van der Waals surface area contributed by atoms with Crippen molar-refractivity contribution in [1.29, 1.82) is 0 Å². The highest BCUT2D eigenvalue weighted by Crippen LogP contribution is 2.28. The lowest BCUT2D eigenvalue weighted by Gasteiger charge is -2.22. The van der Waals surface area contributed by atoms with Crippen LogP contribution in [0.5, 0.6) is 0 Å². The van der Waals surface area contributed by atoms with Gasteiger partial charge in [-0.25, -0.2) is 13.2 Å². The van der Waals surface area contributed by atoms with Gasteiger partial charge in [-0.15, -0.1) is 0 Å². The second-order valence-electron chi connectivity index (χ2n) is 5.52. The Hall–Kier alpha value is -1.34. The second-order valence-corrected chi connectivity index (χ2v) is 7.52. The van der Waals surface area contributed by atoms with Gasteiger partial charge < -0.3 is 9.67 Å². The molecule has 1 aliphatic carbocycles. The van der Waals surface area contributed by atoms with Gasteiger partial charge in [-0.2, -0.15) is 4.31 Å². The van der Waals surface area contributed by atoms with Crippen molar-refractivity contribution in [3.05, 3.63) is 18.0 Å². The van der Waals surface area contributed by atoms with Gasteiger partial charge in [-0.1, -0.05) is 19.8 Å². The summed E-state index contributed by atoms with van der Waals surface area (Å²) in [5.74, 6) is -1.10. The van der Waals surface area contributed by atoms with E-state index >= 15 is 0 Å². The minimum absolute atomic E-state index is 0.0234. The summed E-state index contributed by atoms with van der Waals surface area (Å²) in [4.78, 5) is 11.3. The zero-order valence-electron chi connectivity index (χ0n) is 12.4. The molecule has 0 aromatic carbocycles. The van der Waals surface area contributed by atoms with Crippen LogP contribution in [0.1, 0.15) is 49.5 Å². The number of carboxylic acid groups (broad SMARTS) is 1. The first kappa shape index (κ1) is 16.0. The first-order valence-corrected chi connectivity index (χ1v) is 8.73. The molecular formula is C14H22N2O4S. The molecule has 6 nitrogen and oxygen atoms in total. The molecule has 2 rings (SSSR count). The van der Waals surface area contributed by atoms with Crippen LogP contribution in [0, 0.1) is 0 Å². The molecule has 1 N–H and O–H groups in total. The predicted octanol–water partition coefficient (Wildman–Crippen LogP) is 2.16. The number of carbonyl (C=O) groups is 1. The summed E-state index contributed by atoms with van der Waals surface area (Å²) in [7, 11) is -2.04. The zero-order chi connectivity index (χ0) is 15.6. The van der Waals surface area contributed by atoms with E-state index in [1.165, 1.54) is 21.1 Å². The second kappa shape index (κ2) is 6.19. The average Bonchev–Trinajstić information content (AvgIpc) is 3.07. The molecule has 1 aliphatic rings. The summed E-state index contributed by atoms with van der Waals surface area (Å²) in [6.45, 7) is 2.41. The van der Waals surface area contributed by atoms with Gasteiger partial charge in [-0.05, 0) is 25.3 Å². The summed E-state index contributed by atoms with van der Waals surface area (Å²) in [5, 5.41) is 9.19. The fourth-order valence-electron chi connectivity index (χ4n) is 2.86. The number of nitrogens with zero attached hydrogens (tertiary/aromatic N) is 2. The maximum absolute atomic E-state index is 12.6. The van der Waals surface area contributed by atoms with Gasteiger partial charge in [-0.3, -0.25) is 0 Å². The van der Waals surface area contributed by atoms with E-state index in [9.17, 15) is 18.3 Å². The minimum Gasteiger partial charge on any atom is -0.477 e. The van der Waals surface area contributed by atoms with Crippen LogP contribution in [0.2, 0.25) is 0 Å². The monoisotopic (exact) mass is 314 g/mol. The fraction of sp³-hybridized carbons (Fsp3) is 0.643. The lowest BCUT2D eigenvalue weighted by molar-refractivity contribution is 0.0685. The van der Waals surface area contributed by atoms with Crippen molar-refractivity contribution in [3.63, 3.8) is 0 Å². The number of hydrogen-bond acceptors (Lipinski definition) is 3. The van der Waals surface area contributed by atoms with Crippen LogP contribution in [0.4, 0.5) is 0 Å². The molecule has 0 radical (unpaired) electrons. The van der Waals surface area contributed by atoms with Crippen molar-refractivity contribution in [2.75, 3.05) is 7.05 Å². The van der Waals surface area contributed by atoms with E-state index in [1.54, 1.807) is 7.05 Å². The van der Waals surface area contributed by atoms with Crippen LogP contribution >= 0.6 is 0 Å². The van der Waals surface area contributed by atoms with E-state index in [4.69, 9.17) is 0 Å². The van der Waals surface area contributed by atoms with Gasteiger partial charge in [0.05, 0.1) is 0 Å². The highest BCUT2D eigenvalue weighted by molar-refractivity contribution is 7.89. The third kappa shape index (κ3) is 3.13. The first-order valence-electron chi connectivity index (χ1n) is 7.29. The summed E-state index contributed by atoms with van der Waals surface area (Å²) in [6.07, 6.45) is 6.01. The van der Waals surface area contributed by atoms with E-state index in [1.807, 2.05) is 6.92 Å². The maximum Gasteiger partial charge on any atom is 0.352 e. The van der Waals surface area contributed by atoms with Gasteiger partial charge in [0, 0.05) is 25.8 Å². The van der Waals surface area contributed by atoms with Crippen molar-refractivity contribution >= 4 is 16.0 Å². The molecule has 1 saturated carbocycles. The molecule has 1 fully saturated rings. The van der Waals surface area contributed by atoms with Gasteiger partial charge >= 0.3 is 5.97 Å². The number of rotatable bonds is 6. The van der Waals surface area contributed by atoms with Gasteiger partial charge in [0.1, 0.15) is 10.6 Å². The van der Waals surface area contributed by atoms with Crippen molar-refractivity contribution in [2.45, 2.75) is 56.5 Å². The van der Waals surface area contributed by atoms with Crippen LogP contribution < -0.4 is 0 Å². The summed E-state index contributed by atoms with van der Waals surface area (Å²) < 4.78 is 28.2. The molecule has 0 saturated heterocycles. The van der Waals surface area contributed by atoms with E-state index in [2.05, 4.69) is 0 Å². The Morgan fingerprint density at radius 3 is 2.57 bits per heavy atom. The topological polar surface area (TPSA) is 79.6 Å². The minimum atomic E-state index is -3.63. The number of hydrogen-bond donors (Lipinski definition) is 1. The molecule has 0 aliphatic heterocycles. The van der Waals surface area contributed by atoms with Crippen LogP contribution in [0.15, 0.2) is 17.2 Å². The molecule has 0 atom stereocenters. The molecule has 1 aromatic rings. The van der Waals surface area contributed by atoms with Crippen LogP contribution in [-0.4, -0.2) is 41.5 Å². The first-order chi connectivity index (χ1) is 9.87. The molecule has 21 heavy (non-hydrogen) atoms. The molecule has 0 amide bonds. The van der Waals surface area contributed by atoms with Crippen LogP contribution in [-0.2, 0) is 16.6 Å². The molecule has 0 spiro atoms. The number of sulfonamides is 1. The molecule has 1 aromatic heterocycles. The number of carboxylic acids is 1. The Bertz CT molecular complexity index is 615. The van der Waals surface area contributed by atoms with E-state index in [0.29, 0.717) is 6.54 Å². The Morgan fingerprint density at radius 2 is 2.05 bits per heavy atom.